The third kappa shape index (κ3) is 4.29. The molecule has 5 nitrogen and oxygen atoms in total. The number of rotatable bonds is 5. The van der Waals surface area contributed by atoms with Crippen LogP contribution in [0.2, 0.25) is 0 Å². The number of esters is 1. The van der Waals surface area contributed by atoms with Gasteiger partial charge in [-0.25, -0.2) is 4.79 Å². The van der Waals surface area contributed by atoms with Crippen molar-refractivity contribution < 1.29 is 14.3 Å². The SMILES string of the molecule is CCC[C@@H](N)C(=O)NC(C)(C)C(=O)OC. The number of methoxy groups -OCH3 is 1. The zero-order chi connectivity index (χ0) is 12.1. The molecule has 0 unspecified atom stereocenters. The Bertz CT molecular complexity index is 239. The molecule has 0 aromatic heterocycles. The highest BCUT2D eigenvalue weighted by Crippen LogP contribution is 2.05. The molecule has 0 saturated carbocycles. The molecule has 88 valence electrons. The van der Waals surface area contributed by atoms with Gasteiger partial charge in [-0.1, -0.05) is 13.3 Å². The van der Waals surface area contributed by atoms with Crippen molar-refractivity contribution in [3.05, 3.63) is 0 Å². The monoisotopic (exact) mass is 216 g/mol. The van der Waals surface area contributed by atoms with Crippen molar-refractivity contribution in [3.8, 4) is 0 Å². The lowest BCUT2D eigenvalue weighted by molar-refractivity contribution is -0.149. The van der Waals surface area contributed by atoms with E-state index in [9.17, 15) is 9.59 Å². The summed E-state index contributed by atoms with van der Waals surface area (Å²) in [4.78, 5) is 22.8. The molecule has 0 aromatic carbocycles. The van der Waals surface area contributed by atoms with Crippen molar-refractivity contribution in [2.45, 2.75) is 45.2 Å². The molecule has 15 heavy (non-hydrogen) atoms. The highest BCUT2D eigenvalue weighted by molar-refractivity contribution is 5.89. The number of nitrogens with two attached hydrogens (primary N) is 1. The van der Waals surface area contributed by atoms with Crippen molar-refractivity contribution in [2.75, 3.05) is 7.11 Å². The highest BCUT2D eigenvalue weighted by Gasteiger charge is 2.31. The molecule has 0 rings (SSSR count). The van der Waals surface area contributed by atoms with Gasteiger partial charge in [0.2, 0.25) is 5.91 Å². The second-order valence-electron chi connectivity index (χ2n) is 4.00. The molecule has 0 saturated heterocycles. The van der Waals surface area contributed by atoms with E-state index in [4.69, 9.17) is 5.73 Å². The highest BCUT2D eigenvalue weighted by atomic mass is 16.5. The van der Waals surface area contributed by atoms with Crippen LogP contribution >= 0.6 is 0 Å². The number of carbonyl (C=O) groups is 2. The first kappa shape index (κ1) is 13.9. The van der Waals surface area contributed by atoms with E-state index in [1.807, 2.05) is 6.92 Å². The van der Waals surface area contributed by atoms with E-state index in [0.717, 1.165) is 6.42 Å². The van der Waals surface area contributed by atoms with Gasteiger partial charge < -0.3 is 15.8 Å². The van der Waals surface area contributed by atoms with Gasteiger partial charge >= 0.3 is 5.97 Å². The Kier molecular flexibility index (Phi) is 5.28. The second-order valence-corrected chi connectivity index (χ2v) is 4.00. The Morgan fingerprint density at radius 1 is 1.47 bits per heavy atom. The largest absolute Gasteiger partial charge is 0.467 e. The van der Waals surface area contributed by atoms with Crippen LogP contribution in [0.5, 0.6) is 0 Å². The fourth-order valence-electron chi connectivity index (χ4n) is 1.15. The van der Waals surface area contributed by atoms with Crippen molar-refractivity contribution in [3.63, 3.8) is 0 Å². The predicted octanol–water partition coefficient (Wildman–Crippen LogP) is 0.182. The summed E-state index contributed by atoms with van der Waals surface area (Å²) in [6.45, 7) is 5.10. The fraction of sp³-hybridized carbons (Fsp3) is 0.800. The first-order valence-electron chi connectivity index (χ1n) is 5.01. The van der Waals surface area contributed by atoms with E-state index >= 15 is 0 Å². The normalized spacial score (nSPS) is 13.1. The smallest absolute Gasteiger partial charge is 0.330 e. The molecule has 0 bridgehead atoms. The molecule has 0 aliphatic rings. The van der Waals surface area contributed by atoms with Crippen LogP contribution in [0.15, 0.2) is 0 Å². The van der Waals surface area contributed by atoms with E-state index in [2.05, 4.69) is 10.1 Å². The molecule has 3 N–H and O–H groups in total. The lowest BCUT2D eigenvalue weighted by atomic mass is 10.0. The van der Waals surface area contributed by atoms with Crippen LogP contribution in [0, 0.1) is 0 Å². The van der Waals surface area contributed by atoms with Crippen molar-refractivity contribution in [2.24, 2.45) is 5.73 Å². The summed E-state index contributed by atoms with van der Waals surface area (Å²) in [5.41, 5.74) is 4.58. The fourth-order valence-corrected chi connectivity index (χ4v) is 1.15. The molecule has 0 spiro atoms. The lowest BCUT2D eigenvalue weighted by Crippen LogP contribution is -2.55. The lowest BCUT2D eigenvalue weighted by Gasteiger charge is -2.24. The first-order chi connectivity index (χ1) is 6.85. The third-order valence-corrected chi connectivity index (χ3v) is 2.07. The van der Waals surface area contributed by atoms with Gasteiger partial charge in [-0.2, -0.15) is 0 Å². The molecular weight excluding hydrogens is 196 g/mol. The van der Waals surface area contributed by atoms with E-state index in [1.54, 1.807) is 13.8 Å². The van der Waals surface area contributed by atoms with E-state index in [0.29, 0.717) is 6.42 Å². The van der Waals surface area contributed by atoms with Gasteiger partial charge in [0.05, 0.1) is 13.2 Å². The van der Waals surface area contributed by atoms with Crippen LogP contribution in [0.1, 0.15) is 33.6 Å². The van der Waals surface area contributed by atoms with Crippen LogP contribution < -0.4 is 11.1 Å². The standard InChI is InChI=1S/C10H20N2O3/c1-5-6-7(11)8(13)12-10(2,3)9(14)15-4/h7H,5-6,11H2,1-4H3,(H,12,13)/t7-/m1/s1. The van der Waals surface area contributed by atoms with Crippen molar-refractivity contribution in [1.82, 2.24) is 5.32 Å². The Morgan fingerprint density at radius 3 is 2.40 bits per heavy atom. The molecule has 1 amide bonds. The zero-order valence-electron chi connectivity index (χ0n) is 9.79. The van der Waals surface area contributed by atoms with Crippen LogP contribution in [0.3, 0.4) is 0 Å². The average molecular weight is 216 g/mol. The van der Waals surface area contributed by atoms with Gasteiger partial charge in [0, 0.05) is 0 Å². The molecule has 0 aliphatic heterocycles. The molecule has 0 heterocycles. The minimum absolute atomic E-state index is 0.327. The van der Waals surface area contributed by atoms with Gasteiger partial charge in [-0.15, -0.1) is 0 Å². The Labute approximate surface area is 90.4 Å². The summed E-state index contributed by atoms with van der Waals surface area (Å²) in [7, 11) is 1.28. The summed E-state index contributed by atoms with van der Waals surface area (Å²) in [6.07, 6.45) is 1.43. The second kappa shape index (κ2) is 5.70. The van der Waals surface area contributed by atoms with Gasteiger partial charge in [-0.05, 0) is 20.3 Å². The minimum atomic E-state index is -1.03. The average Bonchev–Trinajstić information content (AvgIpc) is 2.16. The van der Waals surface area contributed by atoms with Crippen LogP contribution in [0.25, 0.3) is 0 Å². The molecular formula is C10H20N2O3. The maximum Gasteiger partial charge on any atom is 0.330 e. The number of carbonyl (C=O) groups excluding carboxylic acids is 2. The van der Waals surface area contributed by atoms with E-state index in [1.165, 1.54) is 7.11 Å². The topological polar surface area (TPSA) is 81.4 Å². The van der Waals surface area contributed by atoms with E-state index in [-0.39, 0.29) is 5.91 Å². The minimum Gasteiger partial charge on any atom is -0.467 e. The van der Waals surface area contributed by atoms with E-state index < -0.39 is 17.6 Å². The Balaban J connectivity index is 4.33. The number of hydrogen-bond acceptors (Lipinski definition) is 4. The zero-order valence-corrected chi connectivity index (χ0v) is 9.79. The molecule has 0 radical (unpaired) electrons. The van der Waals surface area contributed by atoms with Crippen LogP contribution in [-0.2, 0) is 14.3 Å². The third-order valence-electron chi connectivity index (χ3n) is 2.07. The van der Waals surface area contributed by atoms with Crippen LogP contribution in [0.4, 0.5) is 0 Å². The summed E-state index contributed by atoms with van der Waals surface area (Å²) in [5.74, 6) is -0.813. The van der Waals surface area contributed by atoms with Gasteiger partial charge in [0.25, 0.3) is 0 Å². The van der Waals surface area contributed by atoms with Gasteiger partial charge in [0.15, 0.2) is 0 Å². The Hall–Kier alpha value is -1.10. The maximum atomic E-state index is 11.5. The van der Waals surface area contributed by atoms with Gasteiger partial charge in [-0.3, -0.25) is 4.79 Å². The summed E-state index contributed by atoms with van der Waals surface area (Å²) >= 11 is 0. The number of hydrogen-bond donors (Lipinski definition) is 2. The number of nitrogens with one attached hydrogen (secondary N) is 1. The summed E-state index contributed by atoms with van der Waals surface area (Å²) in [6, 6.07) is -0.570. The predicted molar refractivity (Wildman–Crippen MR) is 57.1 cm³/mol. The molecule has 5 heteroatoms. The maximum absolute atomic E-state index is 11.5. The number of ether oxygens (including phenoxy) is 1. The van der Waals surface area contributed by atoms with Crippen molar-refractivity contribution in [1.29, 1.82) is 0 Å². The van der Waals surface area contributed by atoms with Crippen LogP contribution in [-0.4, -0.2) is 30.6 Å². The summed E-state index contributed by atoms with van der Waals surface area (Å²) in [5, 5.41) is 2.55. The molecule has 1 atom stereocenters. The van der Waals surface area contributed by atoms with Crippen molar-refractivity contribution >= 4 is 11.9 Å². The molecule has 0 aliphatic carbocycles. The summed E-state index contributed by atoms with van der Waals surface area (Å²) < 4.78 is 4.56. The molecule has 0 aromatic rings. The van der Waals surface area contributed by atoms with Gasteiger partial charge in [0.1, 0.15) is 5.54 Å². The molecule has 0 fully saturated rings. The first-order valence-corrected chi connectivity index (χ1v) is 5.01. The Morgan fingerprint density at radius 2 is 2.00 bits per heavy atom. The quantitative estimate of drug-likeness (QED) is 0.642. The number of amides is 1.